The van der Waals surface area contributed by atoms with E-state index < -0.39 is 0 Å². The highest BCUT2D eigenvalue weighted by Crippen LogP contribution is 2.22. The molecule has 0 unspecified atom stereocenters. The van der Waals surface area contributed by atoms with Crippen LogP contribution in [-0.2, 0) is 16.1 Å². The number of rotatable bonds is 4. The van der Waals surface area contributed by atoms with E-state index in [9.17, 15) is 4.79 Å². The van der Waals surface area contributed by atoms with E-state index in [-0.39, 0.29) is 12.4 Å². The van der Waals surface area contributed by atoms with Gasteiger partial charge in [0.2, 0.25) is 0 Å². The van der Waals surface area contributed by atoms with Crippen LogP contribution in [0.25, 0.3) is 10.8 Å². The second-order valence-corrected chi connectivity index (χ2v) is 4.50. The fourth-order valence-corrected chi connectivity index (χ4v) is 1.91. The van der Waals surface area contributed by atoms with Crippen LogP contribution in [0.1, 0.15) is 5.56 Å². The highest BCUT2D eigenvalue weighted by atomic mass is 16.7. The van der Waals surface area contributed by atoms with Crippen molar-refractivity contribution in [3.63, 3.8) is 0 Å². The Labute approximate surface area is 112 Å². The SMILES string of the molecule is COc1ccc2cc(CC(=O)ON(C)C)ccc2c1. The van der Waals surface area contributed by atoms with Gasteiger partial charge in [-0.15, -0.1) is 5.06 Å². The third-order valence-electron chi connectivity index (χ3n) is 2.74. The fourth-order valence-electron chi connectivity index (χ4n) is 1.91. The van der Waals surface area contributed by atoms with Crippen LogP contribution in [0.15, 0.2) is 36.4 Å². The van der Waals surface area contributed by atoms with Gasteiger partial charge in [0.25, 0.3) is 0 Å². The van der Waals surface area contributed by atoms with Gasteiger partial charge in [-0.2, -0.15) is 0 Å². The maximum absolute atomic E-state index is 11.6. The maximum atomic E-state index is 11.6. The molecule has 0 heterocycles. The molecule has 0 aliphatic heterocycles. The van der Waals surface area contributed by atoms with Gasteiger partial charge in [0.15, 0.2) is 0 Å². The minimum absolute atomic E-state index is 0.264. The van der Waals surface area contributed by atoms with Crippen molar-refractivity contribution in [1.29, 1.82) is 0 Å². The average Bonchev–Trinajstić information content (AvgIpc) is 2.37. The van der Waals surface area contributed by atoms with Gasteiger partial charge in [0.1, 0.15) is 5.75 Å². The van der Waals surface area contributed by atoms with E-state index in [1.807, 2.05) is 36.4 Å². The van der Waals surface area contributed by atoms with Crippen LogP contribution in [0.2, 0.25) is 0 Å². The first-order valence-electron chi connectivity index (χ1n) is 6.03. The van der Waals surface area contributed by atoms with E-state index >= 15 is 0 Å². The van der Waals surface area contributed by atoms with Crippen molar-refractivity contribution in [2.45, 2.75) is 6.42 Å². The molecule has 4 heteroatoms. The predicted octanol–water partition coefficient (Wildman–Crippen LogP) is 2.41. The number of nitrogens with zero attached hydrogens (tertiary/aromatic N) is 1. The highest BCUT2D eigenvalue weighted by Gasteiger charge is 2.07. The van der Waals surface area contributed by atoms with Crippen molar-refractivity contribution in [1.82, 2.24) is 5.06 Å². The summed E-state index contributed by atoms with van der Waals surface area (Å²) in [6, 6.07) is 11.8. The van der Waals surface area contributed by atoms with Gasteiger partial charge in [0, 0.05) is 14.1 Å². The van der Waals surface area contributed by atoms with Gasteiger partial charge in [0.05, 0.1) is 13.5 Å². The number of ether oxygens (including phenoxy) is 1. The first kappa shape index (κ1) is 13.4. The normalized spacial score (nSPS) is 10.7. The summed E-state index contributed by atoms with van der Waals surface area (Å²) in [5.74, 6) is 0.560. The molecule has 0 amide bonds. The van der Waals surface area contributed by atoms with Gasteiger partial charge in [-0.1, -0.05) is 24.3 Å². The van der Waals surface area contributed by atoms with Crippen LogP contribution in [0.4, 0.5) is 0 Å². The quantitative estimate of drug-likeness (QED) is 0.790. The molecule has 100 valence electrons. The summed E-state index contributed by atoms with van der Waals surface area (Å²) in [6.45, 7) is 0. The van der Waals surface area contributed by atoms with E-state index in [0.29, 0.717) is 0 Å². The molecule has 0 fully saturated rings. The van der Waals surface area contributed by atoms with E-state index in [4.69, 9.17) is 9.57 Å². The number of hydroxylamine groups is 2. The molecule has 0 aromatic heterocycles. The zero-order valence-corrected chi connectivity index (χ0v) is 11.3. The Kier molecular flexibility index (Phi) is 4.02. The van der Waals surface area contributed by atoms with Crippen LogP contribution in [0, 0.1) is 0 Å². The van der Waals surface area contributed by atoms with E-state index in [1.54, 1.807) is 21.2 Å². The van der Waals surface area contributed by atoms with E-state index in [1.165, 1.54) is 5.06 Å². The smallest absolute Gasteiger partial charge is 0.329 e. The lowest BCUT2D eigenvalue weighted by molar-refractivity contribution is -0.177. The average molecular weight is 259 g/mol. The Morgan fingerprint density at radius 1 is 1.11 bits per heavy atom. The summed E-state index contributed by atoms with van der Waals surface area (Å²) >= 11 is 0. The van der Waals surface area contributed by atoms with Gasteiger partial charge in [-0.3, -0.25) is 0 Å². The number of hydrogen-bond donors (Lipinski definition) is 0. The molecular weight excluding hydrogens is 242 g/mol. The standard InChI is InChI=1S/C15H17NO3/c1-16(2)19-15(17)9-11-4-5-13-10-14(18-3)7-6-12(13)8-11/h4-8,10H,9H2,1-3H3. The summed E-state index contributed by atoms with van der Waals surface area (Å²) < 4.78 is 5.18. The van der Waals surface area contributed by atoms with Gasteiger partial charge in [-0.25, -0.2) is 4.79 Å². The Morgan fingerprint density at radius 3 is 2.47 bits per heavy atom. The molecule has 2 aromatic carbocycles. The van der Waals surface area contributed by atoms with Gasteiger partial charge < -0.3 is 9.57 Å². The summed E-state index contributed by atoms with van der Waals surface area (Å²) in [4.78, 5) is 16.6. The molecule has 0 spiro atoms. The molecule has 0 atom stereocenters. The highest BCUT2D eigenvalue weighted by molar-refractivity contribution is 5.85. The third-order valence-corrected chi connectivity index (χ3v) is 2.74. The molecule has 19 heavy (non-hydrogen) atoms. The summed E-state index contributed by atoms with van der Waals surface area (Å²) in [7, 11) is 5.02. The Hall–Kier alpha value is -2.07. The van der Waals surface area contributed by atoms with E-state index in [0.717, 1.165) is 22.1 Å². The molecule has 0 bridgehead atoms. The van der Waals surface area contributed by atoms with Crippen molar-refractivity contribution >= 4 is 16.7 Å². The second-order valence-electron chi connectivity index (χ2n) is 4.50. The third kappa shape index (κ3) is 3.45. The number of methoxy groups -OCH3 is 1. The molecule has 4 nitrogen and oxygen atoms in total. The topological polar surface area (TPSA) is 38.8 Å². The zero-order chi connectivity index (χ0) is 13.8. The number of hydrogen-bond acceptors (Lipinski definition) is 4. The lowest BCUT2D eigenvalue weighted by Crippen LogP contribution is -2.19. The second kappa shape index (κ2) is 5.71. The molecular formula is C15H17NO3. The minimum Gasteiger partial charge on any atom is -0.497 e. The lowest BCUT2D eigenvalue weighted by Gasteiger charge is -2.10. The molecule has 0 saturated carbocycles. The van der Waals surface area contributed by atoms with Crippen LogP contribution < -0.4 is 4.74 Å². The van der Waals surface area contributed by atoms with Crippen LogP contribution in [0.3, 0.4) is 0 Å². The molecule has 0 saturated heterocycles. The number of benzene rings is 2. The van der Waals surface area contributed by atoms with Crippen molar-refractivity contribution in [3.05, 3.63) is 42.0 Å². The first-order chi connectivity index (χ1) is 9.08. The largest absolute Gasteiger partial charge is 0.497 e. The Bertz CT molecular complexity index is 593. The van der Waals surface area contributed by atoms with Gasteiger partial charge in [-0.05, 0) is 28.5 Å². The van der Waals surface area contributed by atoms with E-state index in [2.05, 4.69) is 0 Å². The summed E-state index contributed by atoms with van der Waals surface area (Å²) in [6.07, 6.45) is 0.264. The molecule has 0 N–H and O–H groups in total. The van der Waals surface area contributed by atoms with Gasteiger partial charge >= 0.3 is 5.97 Å². The number of carbonyl (C=O) groups excluding carboxylic acids is 1. The Balaban J connectivity index is 2.20. The first-order valence-corrected chi connectivity index (χ1v) is 6.03. The zero-order valence-electron chi connectivity index (χ0n) is 11.3. The van der Waals surface area contributed by atoms with Crippen molar-refractivity contribution in [2.75, 3.05) is 21.2 Å². The minimum atomic E-state index is -0.266. The molecule has 2 aromatic rings. The van der Waals surface area contributed by atoms with Crippen LogP contribution in [-0.4, -0.2) is 32.2 Å². The summed E-state index contributed by atoms with van der Waals surface area (Å²) in [5.41, 5.74) is 0.935. The molecule has 2 rings (SSSR count). The molecule has 0 aliphatic rings. The predicted molar refractivity (Wildman–Crippen MR) is 74.0 cm³/mol. The van der Waals surface area contributed by atoms with Crippen LogP contribution >= 0.6 is 0 Å². The van der Waals surface area contributed by atoms with Crippen molar-refractivity contribution < 1.29 is 14.4 Å². The lowest BCUT2D eigenvalue weighted by atomic mass is 10.0. The molecule has 0 aliphatic carbocycles. The molecule has 0 radical (unpaired) electrons. The number of carbonyl (C=O) groups is 1. The van der Waals surface area contributed by atoms with Crippen molar-refractivity contribution in [2.24, 2.45) is 0 Å². The fraction of sp³-hybridized carbons (Fsp3) is 0.267. The maximum Gasteiger partial charge on any atom is 0.329 e. The summed E-state index contributed by atoms with van der Waals surface area (Å²) in [5, 5.41) is 3.56. The van der Waals surface area contributed by atoms with Crippen molar-refractivity contribution in [3.8, 4) is 5.75 Å². The monoisotopic (exact) mass is 259 g/mol. The number of fused-ring (bicyclic) bond motifs is 1. The Morgan fingerprint density at radius 2 is 1.79 bits per heavy atom. The van der Waals surface area contributed by atoms with Crippen LogP contribution in [0.5, 0.6) is 5.75 Å².